The van der Waals surface area contributed by atoms with Gasteiger partial charge in [0.05, 0.1) is 58.4 Å². The molecule has 0 radical (unpaired) electrons. The van der Waals surface area contributed by atoms with Crippen LogP contribution >= 0.6 is 0 Å². The smallest absolute Gasteiger partial charge is 0.426 e. The fourth-order valence-electron chi connectivity index (χ4n) is 5.33. The molecule has 0 spiro atoms. The van der Waals surface area contributed by atoms with E-state index in [2.05, 4.69) is 37.1 Å². The highest BCUT2D eigenvalue weighted by molar-refractivity contribution is 5.94. The first-order chi connectivity index (χ1) is 31.6. The van der Waals surface area contributed by atoms with E-state index in [-0.39, 0.29) is 57.3 Å². The van der Waals surface area contributed by atoms with Crippen LogP contribution in [-0.4, -0.2) is 147 Å². The number of hydrogen-bond acceptors (Lipinski definition) is 17. The number of hydrogen-bond donors (Lipinski definition) is 6. The van der Waals surface area contributed by atoms with E-state index in [1.807, 2.05) is 0 Å². The van der Waals surface area contributed by atoms with Crippen LogP contribution in [0, 0.1) is 0 Å². The van der Waals surface area contributed by atoms with Gasteiger partial charge in [-0.3, -0.25) is 19.8 Å². The number of amides is 5. The Labute approximate surface area is 401 Å². The van der Waals surface area contributed by atoms with Crippen molar-refractivity contribution < 1.29 is 71.5 Å². The summed E-state index contributed by atoms with van der Waals surface area (Å²) < 4.78 is 43.4. The molecule has 1 aromatic rings. The SMILES string of the molecule is CC(C)(C)OC(=O)CCC(NC(=O)NC(CCCCNC(=O)CCOCCOCCOCCOCCNC(=O)c1ccc(NNC(=O)OC(C)(C)C)nc1)C(=O)OC(C)(C)C)C(=O)OC(C)(C)C. The first-order valence-electron chi connectivity index (χ1n) is 22.9. The van der Waals surface area contributed by atoms with Gasteiger partial charge < -0.3 is 59.2 Å². The van der Waals surface area contributed by atoms with E-state index in [4.69, 9.17) is 37.9 Å². The fourth-order valence-corrected chi connectivity index (χ4v) is 5.33. The molecular weight excluding hydrogens is 891 g/mol. The molecule has 0 aliphatic heterocycles. The quantitative estimate of drug-likeness (QED) is 0.0272. The van der Waals surface area contributed by atoms with Gasteiger partial charge >= 0.3 is 30.0 Å². The van der Waals surface area contributed by atoms with E-state index in [9.17, 15) is 33.6 Å². The third-order valence-corrected chi connectivity index (χ3v) is 8.13. The molecule has 1 rings (SSSR count). The molecule has 388 valence electrons. The van der Waals surface area contributed by atoms with Crippen LogP contribution in [0.15, 0.2) is 18.3 Å². The molecule has 1 aromatic heterocycles. The Balaban J connectivity index is 2.25. The van der Waals surface area contributed by atoms with E-state index in [0.29, 0.717) is 70.4 Å². The first-order valence-corrected chi connectivity index (χ1v) is 22.9. The van der Waals surface area contributed by atoms with Crippen molar-refractivity contribution in [3.63, 3.8) is 0 Å². The minimum absolute atomic E-state index is 0.0909. The van der Waals surface area contributed by atoms with E-state index in [0.717, 1.165) is 0 Å². The summed E-state index contributed by atoms with van der Waals surface area (Å²) in [5.74, 6) is -2.16. The summed E-state index contributed by atoms with van der Waals surface area (Å²) >= 11 is 0. The third kappa shape index (κ3) is 33.2. The topological polar surface area (TPSA) is 278 Å². The summed E-state index contributed by atoms with van der Waals surface area (Å²) in [5, 5.41) is 10.7. The molecule has 1 heterocycles. The van der Waals surface area contributed by atoms with Crippen LogP contribution in [-0.2, 0) is 57.1 Å². The largest absolute Gasteiger partial charge is 0.460 e. The lowest BCUT2D eigenvalue weighted by molar-refractivity contribution is -0.159. The number of unbranched alkanes of at least 4 members (excludes halogenated alkanes) is 1. The third-order valence-electron chi connectivity index (χ3n) is 8.13. The number of urea groups is 1. The van der Waals surface area contributed by atoms with E-state index >= 15 is 0 Å². The Kier molecular flexibility index (Phi) is 27.6. The Hall–Kier alpha value is -5.32. The molecule has 22 heteroatoms. The van der Waals surface area contributed by atoms with Gasteiger partial charge in [0, 0.05) is 32.1 Å². The number of nitrogens with one attached hydrogen (secondary N) is 6. The molecule has 2 atom stereocenters. The first kappa shape index (κ1) is 60.7. The second kappa shape index (κ2) is 30.9. The second-order valence-electron chi connectivity index (χ2n) is 19.4. The summed E-state index contributed by atoms with van der Waals surface area (Å²) in [4.78, 5) is 92.1. The molecule has 22 nitrogen and oxygen atoms in total. The Morgan fingerprint density at radius 2 is 1.04 bits per heavy atom. The van der Waals surface area contributed by atoms with Gasteiger partial charge in [-0.25, -0.2) is 29.6 Å². The lowest BCUT2D eigenvalue weighted by Gasteiger charge is -2.27. The van der Waals surface area contributed by atoms with E-state index in [1.54, 1.807) is 95.2 Å². The molecule has 0 aromatic carbocycles. The average molecular weight is 970 g/mol. The van der Waals surface area contributed by atoms with Gasteiger partial charge in [0.15, 0.2) is 0 Å². The number of rotatable bonds is 30. The second-order valence-corrected chi connectivity index (χ2v) is 19.4. The van der Waals surface area contributed by atoms with Crippen molar-refractivity contribution in [2.45, 2.75) is 156 Å². The highest BCUT2D eigenvalue weighted by Crippen LogP contribution is 2.15. The Bertz CT molecular complexity index is 1700. The van der Waals surface area contributed by atoms with Crippen molar-refractivity contribution in [2.75, 3.05) is 71.4 Å². The van der Waals surface area contributed by atoms with Crippen molar-refractivity contribution >= 4 is 47.7 Å². The predicted octanol–water partition coefficient (Wildman–Crippen LogP) is 4.25. The van der Waals surface area contributed by atoms with E-state index in [1.165, 1.54) is 6.20 Å². The predicted molar refractivity (Wildman–Crippen MR) is 250 cm³/mol. The molecule has 2 unspecified atom stereocenters. The number of carbonyl (C=O) groups is 7. The van der Waals surface area contributed by atoms with Gasteiger partial charge in [0.1, 0.15) is 40.3 Å². The standard InChI is InChI=1S/C46H79N7O15/c1-43(2,3)65-37(55)19-17-34(40(58)67-45(7,8)9)51-41(59)50-33(39(57)66-44(4,5)6)15-13-14-21-47-36(54)20-23-61-25-27-63-29-30-64-28-26-62-24-22-48-38(56)32-16-18-35(49-31-32)52-53-42(60)68-46(10,11)12/h16,18,31,33-34H,13-15,17,19-30H2,1-12H3,(H,47,54)(H,48,56)(H,49,52)(H,53,60)(H2,50,51,59). The van der Waals surface area contributed by atoms with Gasteiger partial charge in [0.25, 0.3) is 5.91 Å². The van der Waals surface area contributed by atoms with Crippen LogP contribution < -0.4 is 32.1 Å². The molecule has 0 saturated heterocycles. The van der Waals surface area contributed by atoms with Crippen LogP contribution in [0.1, 0.15) is 132 Å². The van der Waals surface area contributed by atoms with Crippen molar-refractivity contribution in [2.24, 2.45) is 0 Å². The van der Waals surface area contributed by atoms with Crippen LogP contribution in [0.25, 0.3) is 0 Å². The summed E-state index contributed by atoms with van der Waals surface area (Å²) in [5.41, 5.74) is 2.26. The van der Waals surface area contributed by atoms with Gasteiger partial charge in [0.2, 0.25) is 5.91 Å². The molecule has 0 aliphatic rings. The molecule has 0 aliphatic carbocycles. The number of nitrogens with zero attached hydrogens (tertiary/aromatic N) is 1. The minimum Gasteiger partial charge on any atom is -0.460 e. The van der Waals surface area contributed by atoms with Crippen molar-refractivity contribution in [1.82, 2.24) is 31.7 Å². The molecular formula is C46H79N7O15. The van der Waals surface area contributed by atoms with Gasteiger partial charge in [-0.1, -0.05) is 0 Å². The number of aromatic nitrogens is 1. The van der Waals surface area contributed by atoms with Gasteiger partial charge in [-0.15, -0.1) is 0 Å². The van der Waals surface area contributed by atoms with Gasteiger partial charge in [-0.05, 0) is 121 Å². The minimum atomic E-state index is -1.20. The lowest BCUT2D eigenvalue weighted by atomic mass is 10.1. The number of pyridine rings is 1. The molecule has 0 bridgehead atoms. The zero-order valence-corrected chi connectivity index (χ0v) is 42.3. The van der Waals surface area contributed by atoms with Crippen molar-refractivity contribution in [3.05, 3.63) is 23.9 Å². The highest BCUT2D eigenvalue weighted by Gasteiger charge is 2.31. The number of anilines is 1. The van der Waals surface area contributed by atoms with Gasteiger partial charge in [-0.2, -0.15) is 0 Å². The number of hydrazine groups is 1. The number of esters is 3. The van der Waals surface area contributed by atoms with Crippen LogP contribution in [0.5, 0.6) is 0 Å². The summed E-state index contributed by atoms with van der Waals surface area (Å²) in [6.07, 6.45) is 1.73. The maximum atomic E-state index is 13.2. The number of ether oxygens (including phenoxy) is 8. The zero-order chi connectivity index (χ0) is 51.4. The molecule has 0 saturated carbocycles. The Morgan fingerprint density at radius 3 is 1.54 bits per heavy atom. The molecule has 0 fully saturated rings. The summed E-state index contributed by atoms with van der Waals surface area (Å²) in [6, 6.07) is 0.0141. The maximum absolute atomic E-state index is 13.2. The highest BCUT2D eigenvalue weighted by atomic mass is 16.6. The van der Waals surface area contributed by atoms with Crippen LogP contribution in [0.2, 0.25) is 0 Å². The average Bonchev–Trinajstić information content (AvgIpc) is 3.19. The van der Waals surface area contributed by atoms with Crippen LogP contribution in [0.3, 0.4) is 0 Å². The summed E-state index contributed by atoms with van der Waals surface area (Å²) in [6.45, 7) is 23.6. The van der Waals surface area contributed by atoms with E-state index < -0.39 is 64.5 Å². The summed E-state index contributed by atoms with van der Waals surface area (Å²) in [7, 11) is 0. The monoisotopic (exact) mass is 970 g/mol. The maximum Gasteiger partial charge on any atom is 0.426 e. The number of carbonyl (C=O) groups excluding carboxylic acids is 7. The Morgan fingerprint density at radius 1 is 0.544 bits per heavy atom. The van der Waals surface area contributed by atoms with Crippen molar-refractivity contribution in [3.8, 4) is 0 Å². The lowest BCUT2D eigenvalue weighted by Crippen LogP contribution is -2.53. The molecule has 5 amide bonds. The fraction of sp³-hybridized carbons (Fsp3) is 0.739. The molecule has 68 heavy (non-hydrogen) atoms. The van der Waals surface area contributed by atoms with Crippen LogP contribution in [0.4, 0.5) is 15.4 Å². The molecule has 6 N–H and O–H groups in total. The van der Waals surface area contributed by atoms with Crippen molar-refractivity contribution in [1.29, 1.82) is 0 Å². The normalized spacial score (nSPS) is 12.7. The zero-order valence-electron chi connectivity index (χ0n) is 42.3.